The molecule has 1 aromatic carbocycles. The molecule has 0 spiro atoms. The van der Waals surface area contributed by atoms with E-state index in [0.29, 0.717) is 0 Å². The monoisotopic (exact) mass is 251 g/mol. The van der Waals surface area contributed by atoms with Crippen LogP contribution in [0.15, 0.2) is 18.2 Å². The van der Waals surface area contributed by atoms with Crippen LogP contribution in [0.5, 0.6) is 5.75 Å². The highest BCUT2D eigenvalue weighted by Crippen LogP contribution is 2.27. The topological polar surface area (TPSA) is 35.2 Å². The van der Waals surface area contributed by atoms with Gasteiger partial charge in [0.15, 0.2) is 6.10 Å². The largest absolute Gasteiger partial charge is 0.481 e. The predicted octanol–water partition coefficient (Wildman–Crippen LogP) is 2.79. The van der Waals surface area contributed by atoms with Gasteiger partial charge in [0.25, 0.3) is 0 Å². The lowest BCUT2D eigenvalue weighted by atomic mass is 10.2. The molecule has 0 radical (unpaired) electrons. The van der Waals surface area contributed by atoms with Crippen LogP contribution in [0.3, 0.4) is 0 Å². The van der Waals surface area contributed by atoms with Crippen LogP contribution in [-0.4, -0.2) is 18.8 Å². The molecule has 0 fully saturated rings. The maximum Gasteiger partial charge on any atom is 0.425 e. The fourth-order valence-electron chi connectivity index (χ4n) is 1.30. The van der Waals surface area contributed by atoms with Crippen LogP contribution in [0, 0.1) is 12.7 Å². The van der Waals surface area contributed by atoms with Crippen molar-refractivity contribution in [3.05, 3.63) is 29.6 Å². The van der Waals surface area contributed by atoms with E-state index in [1.165, 1.54) is 13.0 Å². The molecule has 96 valence electrons. The minimum absolute atomic E-state index is 0.0142. The van der Waals surface area contributed by atoms with Crippen LogP contribution in [0.4, 0.5) is 17.6 Å². The van der Waals surface area contributed by atoms with Crippen molar-refractivity contribution in [1.29, 1.82) is 0 Å². The molecule has 0 amide bonds. The van der Waals surface area contributed by atoms with E-state index in [-0.39, 0.29) is 24.3 Å². The van der Waals surface area contributed by atoms with Gasteiger partial charge in [-0.05, 0) is 37.2 Å². The molecule has 0 aliphatic rings. The van der Waals surface area contributed by atoms with Crippen LogP contribution in [0.2, 0.25) is 0 Å². The number of hydrogen-bond donors (Lipinski definition) is 1. The Morgan fingerprint density at radius 1 is 1.35 bits per heavy atom. The first kappa shape index (κ1) is 13.8. The van der Waals surface area contributed by atoms with Gasteiger partial charge in [0, 0.05) is 6.42 Å². The molecular weight excluding hydrogens is 238 g/mol. The highest BCUT2D eigenvalue weighted by atomic mass is 19.4. The van der Waals surface area contributed by atoms with Crippen LogP contribution >= 0.6 is 0 Å². The third kappa shape index (κ3) is 3.89. The van der Waals surface area contributed by atoms with Crippen molar-refractivity contribution in [2.24, 2.45) is 5.73 Å². The molecule has 0 bridgehead atoms. The standard InChI is InChI=1S/C11H13F4NO/c1-7-6-8(2-3-9(7)12)17-10(4-5-16)11(13,14)15/h2-3,6,10H,4-5,16H2,1H3. The van der Waals surface area contributed by atoms with Crippen LogP contribution in [-0.2, 0) is 0 Å². The molecule has 0 saturated carbocycles. The number of alkyl halides is 3. The zero-order chi connectivity index (χ0) is 13.1. The van der Waals surface area contributed by atoms with E-state index in [1.807, 2.05) is 0 Å². The predicted molar refractivity (Wildman–Crippen MR) is 55.3 cm³/mol. The lowest BCUT2D eigenvalue weighted by molar-refractivity contribution is -0.196. The summed E-state index contributed by atoms with van der Waals surface area (Å²) >= 11 is 0. The fourth-order valence-corrected chi connectivity index (χ4v) is 1.30. The van der Waals surface area contributed by atoms with Crippen molar-refractivity contribution in [3.8, 4) is 5.75 Å². The van der Waals surface area contributed by atoms with Gasteiger partial charge in [-0.25, -0.2) is 4.39 Å². The third-order valence-electron chi connectivity index (χ3n) is 2.20. The van der Waals surface area contributed by atoms with Gasteiger partial charge in [-0.3, -0.25) is 0 Å². The van der Waals surface area contributed by atoms with E-state index >= 15 is 0 Å². The summed E-state index contributed by atoms with van der Waals surface area (Å²) in [5, 5.41) is 0. The quantitative estimate of drug-likeness (QED) is 0.835. The molecule has 1 rings (SSSR count). The van der Waals surface area contributed by atoms with Crippen LogP contribution in [0.25, 0.3) is 0 Å². The highest BCUT2D eigenvalue weighted by Gasteiger charge is 2.41. The Hall–Kier alpha value is -1.30. The van der Waals surface area contributed by atoms with E-state index in [4.69, 9.17) is 10.5 Å². The van der Waals surface area contributed by atoms with Gasteiger partial charge in [0.1, 0.15) is 11.6 Å². The first-order valence-electron chi connectivity index (χ1n) is 5.04. The minimum Gasteiger partial charge on any atom is -0.481 e. The number of benzene rings is 1. The van der Waals surface area contributed by atoms with Crippen LogP contribution < -0.4 is 10.5 Å². The molecule has 0 heterocycles. The molecule has 0 aliphatic heterocycles. The molecule has 1 atom stereocenters. The highest BCUT2D eigenvalue weighted by molar-refractivity contribution is 5.29. The molecule has 17 heavy (non-hydrogen) atoms. The van der Waals surface area contributed by atoms with E-state index in [2.05, 4.69) is 0 Å². The summed E-state index contributed by atoms with van der Waals surface area (Å²) in [6.45, 7) is 1.32. The second-order valence-electron chi connectivity index (χ2n) is 3.64. The van der Waals surface area contributed by atoms with E-state index in [9.17, 15) is 17.6 Å². The van der Waals surface area contributed by atoms with Gasteiger partial charge in [0.05, 0.1) is 0 Å². The van der Waals surface area contributed by atoms with Gasteiger partial charge < -0.3 is 10.5 Å². The third-order valence-corrected chi connectivity index (χ3v) is 2.20. The molecule has 6 heteroatoms. The van der Waals surface area contributed by atoms with E-state index < -0.39 is 18.1 Å². The van der Waals surface area contributed by atoms with Gasteiger partial charge in [-0.15, -0.1) is 0 Å². The molecule has 0 aliphatic carbocycles. The summed E-state index contributed by atoms with van der Waals surface area (Å²) in [6.07, 6.45) is -6.78. The second kappa shape index (κ2) is 5.35. The summed E-state index contributed by atoms with van der Waals surface area (Å²) in [5.41, 5.74) is 5.33. The zero-order valence-electron chi connectivity index (χ0n) is 9.22. The summed E-state index contributed by atoms with van der Waals surface area (Å²) in [7, 11) is 0. The van der Waals surface area contributed by atoms with Crippen molar-refractivity contribution in [1.82, 2.24) is 0 Å². The fraction of sp³-hybridized carbons (Fsp3) is 0.455. The Balaban J connectivity index is 2.82. The molecule has 2 nitrogen and oxygen atoms in total. The van der Waals surface area contributed by atoms with Crippen molar-refractivity contribution in [3.63, 3.8) is 0 Å². The lowest BCUT2D eigenvalue weighted by Gasteiger charge is -2.21. The number of halogens is 4. The molecule has 1 unspecified atom stereocenters. The normalized spacial score (nSPS) is 13.5. The van der Waals surface area contributed by atoms with Gasteiger partial charge in [-0.1, -0.05) is 0 Å². The molecule has 1 aromatic rings. The Kier molecular flexibility index (Phi) is 4.34. The average Bonchev–Trinajstić information content (AvgIpc) is 2.21. The van der Waals surface area contributed by atoms with Crippen molar-refractivity contribution < 1.29 is 22.3 Å². The maximum absolute atomic E-state index is 12.9. The van der Waals surface area contributed by atoms with E-state index in [0.717, 1.165) is 12.1 Å². The maximum atomic E-state index is 12.9. The Morgan fingerprint density at radius 2 is 2.00 bits per heavy atom. The first-order valence-corrected chi connectivity index (χ1v) is 5.04. The molecule has 2 N–H and O–H groups in total. The molecule has 0 saturated heterocycles. The smallest absolute Gasteiger partial charge is 0.425 e. The van der Waals surface area contributed by atoms with Gasteiger partial charge >= 0.3 is 6.18 Å². The number of rotatable bonds is 4. The Labute approximate surface area is 96.4 Å². The van der Waals surface area contributed by atoms with Crippen molar-refractivity contribution >= 4 is 0 Å². The number of nitrogens with two attached hydrogens (primary N) is 1. The lowest BCUT2D eigenvalue weighted by Crippen LogP contribution is -2.36. The van der Waals surface area contributed by atoms with Gasteiger partial charge in [0.2, 0.25) is 0 Å². The van der Waals surface area contributed by atoms with E-state index in [1.54, 1.807) is 0 Å². The first-order chi connectivity index (χ1) is 7.84. The Bertz CT molecular complexity index is 378. The molecule has 0 aromatic heterocycles. The summed E-state index contributed by atoms with van der Waals surface area (Å²) in [4.78, 5) is 0. The number of hydrogen-bond acceptors (Lipinski definition) is 2. The second-order valence-corrected chi connectivity index (χ2v) is 3.64. The summed E-state index contributed by atoms with van der Waals surface area (Å²) < 4.78 is 55.3. The van der Waals surface area contributed by atoms with Crippen molar-refractivity contribution in [2.45, 2.75) is 25.6 Å². The zero-order valence-corrected chi connectivity index (χ0v) is 9.22. The Morgan fingerprint density at radius 3 is 2.47 bits per heavy atom. The summed E-state index contributed by atoms with van der Waals surface area (Å²) in [6, 6.07) is 3.46. The summed E-state index contributed by atoms with van der Waals surface area (Å²) in [5.74, 6) is -0.501. The van der Waals surface area contributed by atoms with Crippen LogP contribution in [0.1, 0.15) is 12.0 Å². The number of aryl methyl sites for hydroxylation is 1. The SMILES string of the molecule is Cc1cc(OC(CCN)C(F)(F)F)ccc1F. The average molecular weight is 251 g/mol. The molecular formula is C11H13F4NO. The number of ether oxygens (including phenoxy) is 1. The van der Waals surface area contributed by atoms with Crippen molar-refractivity contribution in [2.75, 3.05) is 6.54 Å². The minimum atomic E-state index is -4.48. The van der Waals surface area contributed by atoms with Gasteiger partial charge in [-0.2, -0.15) is 13.2 Å².